The number of pyridine rings is 1. The first-order valence-corrected chi connectivity index (χ1v) is 8.06. The Morgan fingerprint density at radius 3 is 2.96 bits per heavy atom. The van der Waals surface area contributed by atoms with Gasteiger partial charge in [0.15, 0.2) is 0 Å². The largest absolute Gasteiger partial charge is 0.471 e. The molecule has 1 aliphatic rings. The molecule has 0 unspecified atom stereocenters. The predicted octanol–water partition coefficient (Wildman–Crippen LogP) is 1.61. The van der Waals surface area contributed by atoms with Crippen molar-refractivity contribution in [2.45, 2.75) is 12.5 Å². The maximum Gasteiger partial charge on any atom is 0.254 e. The fourth-order valence-electron chi connectivity index (χ4n) is 3.08. The average molecular weight is 336 g/mol. The Morgan fingerprint density at radius 1 is 1.24 bits per heavy atom. The summed E-state index contributed by atoms with van der Waals surface area (Å²) in [5.74, 6) is 0.288. The molecule has 1 saturated heterocycles. The molecular weight excluding hydrogens is 320 g/mol. The molecule has 3 aromatic rings. The number of aromatic amines is 1. The van der Waals surface area contributed by atoms with Crippen LogP contribution < -0.4 is 10.3 Å². The maximum absolute atomic E-state index is 12.9. The molecule has 126 valence electrons. The fourth-order valence-corrected chi connectivity index (χ4v) is 3.08. The number of carbonyl (C=O) groups excluding carboxylic acids is 1. The molecule has 1 atom stereocenters. The van der Waals surface area contributed by atoms with E-state index in [2.05, 4.69) is 15.2 Å². The Balaban J connectivity index is 1.55. The molecule has 1 N–H and O–H groups in total. The second kappa shape index (κ2) is 6.35. The van der Waals surface area contributed by atoms with Gasteiger partial charge in [-0.1, -0.05) is 18.2 Å². The van der Waals surface area contributed by atoms with Crippen LogP contribution >= 0.6 is 0 Å². The van der Waals surface area contributed by atoms with Crippen molar-refractivity contribution >= 4 is 16.8 Å². The average Bonchev–Trinajstić information content (AvgIpc) is 3.09. The normalized spacial score (nSPS) is 17.0. The predicted molar refractivity (Wildman–Crippen MR) is 91.5 cm³/mol. The summed E-state index contributed by atoms with van der Waals surface area (Å²) in [5, 5.41) is 8.42. The molecule has 7 nitrogen and oxygen atoms in total. The zero-order chi connectivity index (χ0) is 17.2. The number of para-hydroxylation sites is 1. The van der Waals surface area contributed by atoms with Crippen molar-refractivity contribution < 1.29 is 9.53 Å². The summed E-state index contributed by atoms with van der Waals surface area (Å²) in [7, 11) is 0. The fraction of sp³-hybridized carbons (Fsp3) is 0.222. The third kappa shape index (κ3) is 3.08. The van der Waals surface area contributed by atoms with Crippen molar-refractivity contribution in [3.05, 3.63) is 64.6 Å². The van der Waals surface area contributed by atoms with Crippen molar-refractivity contribution in [3.63, 3.8) is 0 Å². The van der Waals surface area contributed by atoms with Gasteiger partial charge in [-0.3, -0.25) is 9.59 Å². The smallest absolute Gasteiger partial charge is 0.254 e. The lowest BCUT2D eigenvalue weighted by molar-refractivity contribution is 0.0772. The van der Waals surface area contributed by atoms with Crippen LogP contribution in [0.2, 0.25) is 0 Å². The first kappa shape index (κ1) is 15.3. The van der Waals surface area contributed by atoms with E-state index < -0.39 is 0 Å². The summed E-state index contributed by atoms with van der Waals surface area (Å²) in [6, 6.07) is 12.2. The Kier molecular flexibility index (Phi) is 3.89. The third-order valence-electron chi connectivity index (χ3n) is 4.25. The van der Waals surface area contributed by atoms with Gasteiger partial charge in [0, 0.05) is 42.2 Å². The molecule has 1 aromatic carbocycles. The van der Waals surface area contributed by atoms with Crippen LogP contribution in [0.4, 0.5) is 0 Å². The van der Waals surface area contributed by atoms with Crippen LogP contribution in [0, 0.1) is 0 Å². The lowest BCUT2D eigenvalue weighted by Gasteiger charge is -2.17. The van der Waals surface area contributed by atoms with E-state index in [1.807, 2.05) is 18.2 Å². The highest BCUT2D eigenvalue weighted by atomic mass is 16.5. The number of carbonyl (C=O) groups is 1. The van der Waals surface area contributed by atoms with Crippen LogP contribution in [0.25, 0.3) is 10.9 Å². The topological polar surface area (TPSA) is 88.2 Å². The minimum Gasteiger partial charge on any atom is -0.471 e. The van der Waals surface area contributed by atoms with E-state index >= 15 is 0 Å². The number of nitrogens with one attached hydrogen (secondary N) is 1. The quantitative estimate of drug-likeness (QED) is 0.785. The minimum absolute atomic E-state index is 0.131. The Bertz CT molecular complexity index is 971. The van der Waals surface area contributed by atoms with Crippen LogP contribution in [0.1, 0.15) is 16.8 Å². The number of nitrogens with zero attached hydrogens (tertiary/aromatic N) is 3. The van der Waals surface area contributed by atoms with Gasteiger partial charge in [0.2, 0.25) is 11.4 Å². The number of hydrogen-bond acceptors (Lipinski definition) is 5. The number of rotatable bonds is 3. The van der Waals surface area contributed by atoms with Crippen molar-refractivity contribution in [3.8, 4) is 5.88 Å². The lowest BCUT2D eigenvalue weighted by atomic mass is 10.1. The Labute approximate surface area is 143 Å². The Morgan fingerprint density at radius 2 is 2.12 bits per heavy atom. The SMILES string of the molecule is O=C(c1cc(=O)[nH]c2ccccc12)N1CC[C@@H](Oc2cccnn2)C1. The standard InChI is InChI=1S/C18H16N4O3/c23-16-10-14(13-4-1-2-5-15(13)20-16)18(24)22-9-7-12(11-22)25-17-6-3-8-19-21-17/h1-6,8,10,12H,7,9,11H2,(H,20,23)/t12-/m1/s1. The van der Waals surface area contributed by atoms with Crippen LogP contribution in [0.3, 0.4) is 0 Å². The number of hydrogen-bond donors (Lipinski definition) is 1. The van der Waals surface area contributed by atoms with E-state index in [9.17, 15) is 9.59 Å². The van der Waals surface area contributed by atoms with E-state index in [1.54, 1.807) is 29.3 Å². The molecule has 2 aromatic heterocycles. The highest BCUT2D eigenvalue weighted by Crippen LogP contribution is 2.21. The molecule has 7 heteroatoms. The van der Waals surface area contributed by atoms with E-state index in [0.29, 0.717) is 36.5 Å². The van der Waals surface area contributed by atoms with Crippen LogP contribution in [0.15, 0.2) is 53.5 Å². The molecule has 25 heavy (non-hydrogen) atoms. The number of benzene rings is 1. The third-order valence-corrected chi connectivity index (χ3v) is 4.25. The lowest BCUT2D eigenvalue weighted by Crippen LogP contribution is -2.32. The molecule has 0 bridgehead atoms. The van der Waals surface area contributed by atoms with E-state index in [-0.39, 0.29) is 17.6 Å². The molecule has 3 heterocycles. The molecule has 4 rings (SSSR count). The number of H-pyrrole nitrogens is 1. The van der Waals surface area contributed by atoms with Gasteiger partial charge in [0.1, 0.15) is 6.10 Å². The van der Waals surface area contributed by atoms with Gasteiger partial charge in [-0.25, -0.2) is 0 Å². The summed E-state index contributed by atoms with van der Waals surface area (Å²) < 4.78 is 5.77. The van der Waals surface area contributed by atoms with Gasteiger partial charge in [-0.15, -0.1) is 5.10 Å². The number of aromatic nitrogens is 3. The summed E-state index contributed by atoms with van der Waals surface area (Å²) in [6.07, 6.45) is 2.16. The molecule has 0 saturated carbocycles. The van der Waals surface area contributed by atoms with Gasteiger partial charge < -0.3 is 14.6 Å². The summed E-state index contributed by atoms with van der Waals surface area (Å²) in [5.41, 5.74) is 0.790. The monoisotopic (exact) mass is 336 g/mol. The number of ether oxygens (including phenoxy) is 1. The van der Waals surface area contributed by atoms with Gasteiger partial charge in [0.25, 0.3) is 5.91 Å². The van der Waals surface area contributed by atoms with Crippen molar-refractivity contribution in [2.24, 2.45) is 0 Å². The van der Waals surface area contributed by atoms with E-state index in [1.165, 1.54) is 6.07 Å². The maximum atomic E-state index is 12.9. The molecule has 1 fully saturated rings. The summed E-state index contributed by atoms with van der Waals surface area (Å²) in [6.45, 7) is 1.03. The number of likely N-dealkylation sites (tertiary alicyclic amines) is 1. The first-order chi connectivity index (χ1) is 12.2. The molecule has 1 aliphatic heterocycles. The zero-order valence-electron chi connectivity index (χ0n) is 13.4. The molecule has 1 amide bonds. The van der Waals surface area contributed by atoms with Gasteiger partial charge >= 0.3 is 0 Å². The van der Waals surface area contributed by atoms with Crippen molar-refractivity contribution in [1.82, 2.24) is 20.1 Å². The number of fused-ring (bicyclic) bond motifs is 1. The van der Waals surface area contributed by atoms with Crippen LogP contribution in [-0.2, 0) is 0 Å². The second-order valence-corrected chi connectivity index (χ2v) is 5.93. The zero-order valence-corrected chi connectivity index (χ0v) is 13.4. The molecule has 0 radical (unpaired) electrons. The van der Waals surface area contributed by atoms with Gasteiger partial charge in [-0.05, 0) is 12.1 Å². The molecular formula is C18H16N4O3. The minimum atomic E-state index is -0.284. The molecule has 0 spiro atoms. The van der Waals surface area contributed by atoms with Crippen LogP contribution in [-0.4, -0.2) is 45.2 Å². The van der Waals surface area contributed by atoms with Crippen molar-refractivity contribution in [1.29, 1.82) is 0 Å². The van der Waals surface area contributed by atoms with Crippen LogP contribution in [0.5, 0.6) is 5.88 Å². The Hall–Kier alpha value is -3.22. The van der Waals surface area contributed by atoms with E-state index in [4.69, 9.17) is 4.74 Å². The summed E-state index contributed by atoms with van der Waals surface area (Å²) >= 11 is 0. The van der Waals surface area contributed by atoms with Gasteiger partial charge in [0.05, 0.1) is 12.1 Å². The first-order valence-electron chi connectivity index (χ1n) is 8.06. The highest BCUT2D eigenvalue weighted by molar-refractivity contribution is 6.06. The van der Waals surface area contributed by atoms with Gasteiger partial charge in [-0.2, -0.15) is 5.10 Å². The number of amides is 1. The van der Waals surface area contributed by atoms with Crippen molar-refractivity contribution in [2.75, 3.05) is 13.1 Å². The highest BCUT2D eigenvalue weighted by Gasteiger charge is 2.29. The summed E-state index contributed by atoms with van der Waals surface area (Å²) in [4.78, 5) is 29.2. The second-order valence-electron chi connectivity index (χ2n) is 5.93. The van der Waals surface area contributed by atoms with E-state index in [0.717, 1.165) is 5.39 Å². The molecule has 0 aliphatic carbocycles.